The number of rotatable bonds is 10. The predicted molar refractivity (Wildman–Crippen MR) is 113 cm³/mol. The maximum absolute atomic E-state index is 12.2. The zero-order valence-electron chi connectivity index (χ0n) is 18.5. The summed E-state index contributed by atoms with van der Waals surface area (Å²) in [5.41, 5.74) is 0. The molecule has 6 nitrogen and oxygen atoms in total. The van der Waals surface area contributed by atoms with Gasteiger partial charge >= 0.3 is 0 Å². The molecule has 0 heterocycles. The van der Waals surface area contributed by atoms with Crippen LogP contribution in [0, 0.1) is 11.8 Å². The number of hydrogen-bond donors (Lipinski definition) is 2. The molecule has 2 rings (SSSR count). The van der Waals surface area contributed by atoms with Gasteiger partial charge in [0.25, 0.3) is 0 Å². The number of amides is 2. The molecule has 0 atom stereocenters. The number of nitrogens with one attached hydrogen (secondary N) is 2. The topological polar surface area (TPSA) is 84.5 Å². The van der Waals surface area contributed by atoms with Gasteiger partial charge in [-0.1, -0.05) is 20.8 Å². The zero-order chi connectivity index (χ0) is 21.2. The average molecular weight is 409 g/mol. The van der Waals surface area contributed by atoms with Crippen LogP contribution >= 0.6 is 0 Å². The molecule has 0 bridgehead atoms. The van der Waals surface area contributed by atoms with Gasteiger partial charge in [-0.25, -0.2) is 0 Å². The number of ether oxygens (including phenoxy) is 1. The highest BCUT2D eigenvalue weighted by Crippen LogP contribution is 2.27. The molecule has 0 aromatic heterocycles. The Morgan fingerprint density at radius 1 is 0.862 bits per heavy atom. The van der Waals surface area contributed by atoms with Gasteiger partial charge in [-0.05, 0) is 57.8 Å². The highest BCUT2D eigenvalue weighted by Gasteiger charge is 2.28. The number of ketones is 1. The van der Waals surface area contributed by atoms with E-state index in [1.54, 1.807) is 0 Å². The quantitative estimate of drug-likeness (QED) is 0.542. The molecule has 0 aromatic rings. The summed E-state index contributed by atoms with van der Waals surface area (Å²) in [7, 11) is 0. The molecule has 2 saturated carbocycles. The van der Waals surface area contributed by atoms with Crippen LogP contribution in [-0.4, -0.2) is 42.4 Å². The van der Waals surface area contributed by atoms with Crippen LogP contribution in [0.25, 0.3) is 0 Å². The number of hydrogen-bond acceptors (Lipinski definition) is 4. The van der Waals surface area contributed by atoms with E-state index in [4.69, 9.17) is 4.74 Å². The first-order valence-corrected chi connectivity index (χ1v) is 11.6. The Morgan fingerprint density at radius 3 is 1.97 bits per heavy atom. The lowest BCUT2D eigenvalue weighted by molar-refractivity contribution is -0.127. The molecule has 0 aliphatic heterocycles. The zero-order valence-corrected chi connectivity index (χ0v) is 18.5. The van der Waals surface area contributed by atoms with Crippen molar-refractivity contribution in [3.8, 4) is 0 Å². The van der Waals surface area contributed by atoms with Crippen molar-refractivity contribution in [2.45, 2.75) is 110 Å². The minimum Gasteiger partial charge on any atom is -0.378 e. The van der Waals surface area contributed by atoms with E-state index < -0.39 is 0 Å². The van der Waals surface area contributed by atoms with Crippen molar-refractivity contribution < 1.29 is 19.1 Å². The van der Waals surface area contributed by atoms with E-state index in [1.807, 2.05) is 20.8 Å². The van der Waals surface area contributed by atoms with Gasteiger partial charge in [-0.3, -0.25) is 14.4 Å². The van der Waals surface area contributed by atoms with Gasteiger partial charge in [0.2, 0.25) is 11.8 Å². The van der Waals surface area contributed by atoms with E-state index in [0.29, 0.717) is 31.3 Å². The molecule has 0 unspecified atom stereocenters. The Labute approximate surface area is 175 Å². The standard InChI is InChI=1S/C23H40N2O4/c1-4-21(26)24-19-11-13-20(14-12-19)29-15-5-6-22(27)25-18-9-7-17(8-10-18)23(28)16(2)3/h16-20H,4-15H2,1-3H3,(H,24,26)(H,25,27)/t17-,18+,19-,20-. The van der Waals surface area contributed by atoms with Crippen LogP contribution in [0.5, 0.6) is 0 Å². The van der Waals surface area contributed by atoms with Crippen molar-refractivity contribution in [2.75, 3.05) is 6.61 Å². The Balaban J connectivity index is 1.52. The lowest BCUT2D eigenvalue weighted by Gasteiger charge is -2.29. The van der Waals surface area contributed by atoms with E-state index in [2.05, 4.69) is 10.6 Å². The second kappa shape index (κ2) is 12.3. The SMILES string of the molecule is CCC(=O)N[C@H]1CC[C@H](OCCCC(=O)N[C@H]2CC[C@@H](C(=O)C(C)C)CC2)CC1. The summed E-state index contributed by atoms with van der Waals surface area (Å²) in [6.45, 7) is 6.42. The third kappa shape index (κ3) is 8.45. The number of Topliss-reactive ketones (excluding diaryl/α,β-unsaturated/α-hetero) is 1. The Bertz CT molecular complexity index is 533. The molecule has 0 radical (unpaired) electrons. The third-order valence-corrected chi connectivity index (χ3v) is 6.33. The molecule has 2 aliphatic carbocycles. The van der Waals surface area contributed by atoms with Crippen molar-refractivity contribution >= 4 is 17.6 Å². The van der Waals surface area contributed by atoms with Crippen LogP contribution in [0.15, 0.2) is 0 Å². The van der Waals surface area contributed by atoms with Gasteiger partial charge in [0, 0.05) is 43.4 Å². The molecule has 0 aromatic carbocycles. The summed E-state index contributed by atoms with van der Waals surface area (Å²) in [6.07, 6.45) is 9.51. The van der Waals surface area contributed by atoms with Gasteiger partial charge in [0.05, 0.1) is 6.10 Å². The minimum atomic E-state index is 0.0956. The first-order valence-electron chi connectivity index (χ1n) is 11.6. The summed E-state index contributed by atoms with van der Waals surface area (Å²) in [4.78, 5) is 35.7. The third-order valence-electron chi connectivity index (χ3n) is 6.33. The van der Waals surface area contributed by atoms with Gasteiger partial charge < -0.3 is 15.4 Å². The molecule has 2 amide bonds. The summed E-state index contributed by atoms with van der Waals surface area (Å²) in [5, 5.41) is 6.19. The largest absolute Gasteiger partial charge is 0.378 e. The molecule has 0 spiro atoms. The molecule has 2 fully saturated rings. The van der Waals surface area contributed by atoms with Gasteiger partial charge in [-0.15, -0.1) is 0 Å². The Hall–Kier alpha value is -1.43. The summed E-state index contributed by atoms with van der Waals surface area (Å²) in [5.74, 6) is 0.880. The smallest absolute Gasteiger partial charge is 0.220 e. The minimum absolute atomic E-state index is 0.0956. The van der Waals surface area contributed by atoms with Crippen LogP contribution in [-0.2, 0) is 19.1 Å². The van der Waals surface area contributed by atoms with Crippen LogP contribution in [0.2, 0.25) is 0 Å². The Kier molecular flexibility index (Phi) is 10.1. The summed E-state index contributed by atoms with van der Waals surface area (Å²) >= 11 is 0. The highest BCUT2D eigenvalue weighted by molar-refractivity contribution is 5.83. The van der Waals surface area contributed by atoms with Crippen LogP contribution < -0.4 is 10.6 Å². The van der Waals surface area contributed by atoms with Crippen LogP contribution in [0.4, 0.5) is 0 Å². The van der Waals surface area contributed by atoms with Crippen molar-refractivity contribution in [3.05, 3.63) is 0 Å². The van der Waals surface area contributed by atoms with E-state index in [0.717, 1.165) is 57.8 Å². The summed E-state index contributed by atoms with van der Waals surface area (Å²) in [6, 6.07) is 0.507. The van der Waals surface area contributed by atoms with Crippen molar-refractivity contribution in [1.29, 1.82) is 0 Å². The maximum atomic E-state index is 12.2. The maximum Gasteiger partial charge on any atom is 0.220 e. The number of carbonyl (C=O) groups is 3. The lowest BCUT2D eigenvalue weighted by atomic mass is 9.80. The first-order chi connectivity index (χ1) is 13.9. The van der Waals surface area contributed by atoms with E-state index in [-0.39, 0.29) is 35.8 Å². The average Bonchev–Trinajstić information content (AvgIpc) is 2.72. The number of carbonyl (C=O) groups excluding carboxylic acids is 3. The lowest BCUT2D eigenvalue weighted by Crippen LogP contribution is -2.39. The highest BCUT2D eigenvalue weighted by atomic mass is 16.5. The van der Waals surface area contributed by atoms with Gasteiger partial charge in [0.15, 0.2) is 0 Å². The second-order valence-electron chi connectivity index (χ2n) is 9.04. The molecule has 29 heavy (non-hydrogen) atoms. The van der Waals surface area contributed by atoms with E-state index in [9.17, 15) is 14.4 Å². The van der Waals surface area contributed by atoms with Crippen LogP contribution in [0.1, 0.15) is 91.4 Å². The molecule has 2 N–H and O–H groups in total. The van der Waals surface area contributed by atoms with Crippen LogP contribution in [0.3, 0.4) is 0 Å². The fourth-order valence-corrected chi connectivity index (χ4v) is 4.48. The molecular formula is C23H40N2O4. The molecule has 0 saturated heterocycles. The van der Waals surface area contributed by atoms with E-state index in [1.165, 1.54) is 0 Å². The fraction of sp³-hybridized carbons (Fsp3) is 0.870. The second-order valence-corrected chi connectivity index (χ2v) is 9.04. The normalized spacial score (nSPS) is 27.4. The van der Waals surface area contributed by atoms with E-state index >= 15 is 0 Å². The molecular weight excluding hydrogens is 368 g/mol. The monoisotopic (exact) mass is 408 g/mol. The molecule has 6 heteroatoms. The Morgan fingerprint density at radius 2 is 1.41 bits per heavy atom. The van der Waals surface area contributed by atoms with Crippen molar-refractivity contribution in [2.24, 2.45) is 11.8 Å². The first kappa shape index (κ1) is 23.8. The molecule has 2 aliphatic rings. The van der Waals surface area contributed by atoms with Crippen molar-refractivity contribution in [3.63, 3.8) is 0 Å². The van der Waals surface area contributed by atoms with Crippen molar-refractivity contribution in [1.82, 2.24) is 10.6 Å². The van der Waals surface area contributed by atoms with Gasteiger partial charge in [-0.2, -0.15) is 0 Å². The molecule has 166 valence electrons. The van der Waals surface area contributed by atoms with Gasteiger partial charge in [0.1, 0.15) is 5.78 Å². The summed E-state index contributed by atoms with van der Waals surface area (Å²) < 4.78 is 5.94. The fourth-order valence-electron chi connectivity index (χ4n) is 4.48. The predicted octanol–water partition coefficient (Wildman–Crippen LogP) is 3.52.